The minimum absolute atomic E-state index is 0.322. The van der Waals surface area contributed by atoms with Crippen molar-refractivity contribution in [1.82, 2.24) is 0 Å². The Kier molecular flexibility index (Phi) is 2.81. The van der Waals surface area contributed by atoms with E-state index >= 15 is 0 Å². The summed E-state index contributed by atoms with van der Waals surface area (Å²) in [6.45, 7) is 0.417. The first-order valence-corrected chi connectivity index (χ1v) is 5.34. The molecule has 0 spiro atoms. The molecule has 0 bridgehead atoms. The molecule has 15 heavy (non-hydrogen) atoms. The molecule has 1 aliphatic heterocycles. The predicted octanol–water partition coefficient (Wildman–Crippen LogP) is 1.73. The maximum atomic E-state index is 11.2. The van der Waals surface area contributed by atoms with Gasteiger partial charge in [0.15, 0.2) is 6.10 Å². The number of cyclic esters (lactones) is 1. The number of nitrogens with two attached hydrogens (primary N) is 1. The third-order valence-electron chi connectivity index (χ3n) is 2.13. The monoisotopic (exact) mass is 271 g/mol. The Morgan fingerprint density at radius 2 is 2.33 bits per heavy atom. The molecule has 4 nitrogen and oxygen atoms in total. The van der Waals surface area contributed by atoms with Crippen LogP contribution < -0.4 is 10.5 Å². The van der Waals surface area contributed by atoms with E-state index in [1.54, 1.807) is 12.1 Å². The molecule has 2 rings (SSSR count). The van der Waals surface area contributed by atoms with Crippen LogP contribution in [0.3, 0.4) is 0 Å². The smallest absolute Gasteiger partial charge is 0.347 e. The summed E-state index contributed by atoms with van der Waals surface area (Å²) >= 11 is 3.29. The number of ether oxygens (including phenoxy) is 2. The van der Waals surface area contributed by atoms with Crippen LogP contribution >= 0.6 is 15.9 Å². The summed E-state index contributed by atoms with van der Waals surface area (Å²) in [6, 6.07) is 5.27. The van der Waals surface area contributed by atoms with E-state index in [0.29, 0.717) is 24.5 Å². The number of rotatable bonds is 2. The van der Waals surface area contributed by atoms with Crippen molar-refractivity contribution in [1.29, 1.82) is 0 Å². The molecule has 0 aromatic heterocycles. The number of anilines is 1. The highest BCUT2D eigenvalue weighted by molar-refractivity contribution is 9.10. The Balaban J connectivity index is 2.13. The standard InChI is InChI=1S/C10H10BrNO3/c11-6-1-2-8(7(12)5-6)15-9-3-4-14-10(9)13/h1-2,5,9H,3-4,12H2. The summed E-state index contributed by atoms with van der Waals surface area (Å²) < 4.78 is 11.1. The zero-order valence-electron chi connectivity index (χ0n) is 7.90. The number of carbonyl (C=O) groups is 1. The van der Waals surface area contributed by atoms with Crippen molar-refractivity contribution in [3.8, 4) is 5.75 Å². The fraction of sp³-hybridized carbons (Fsp3) is 0.300. The fourth-order valence-corrected chi connectivity index (χ4v) is 1.74. The van der Waals surface area contributed by atoms with E-state index in [-0.39, 0.29) is 5.97 Å². The van der Waals surface area contributed by atoms with Gasteiger partial charge in [-0.05, 0) is 18.2 Å². The third kappa shape index (κ3) is 2.23. The van der Waals surface area contributed by atoms with Crippen molar-refractivity contribution in [2.45, 2.75) is 12.5 Å². The van der Waals surface area contributed by atoms with E-state index in [4.69, 9.17) is 15.2 Å². The van der Waals surface area contributed by atoms with Crippen LogP contribution in [0.25, 0.3) is 0 Å². The van der Waals surface area contributed by atoms with Gasteiger partial charge in [-0.15, -0.1) is 0 Å². The van der Waals surface area contributed by atoms with Crippen LogP contribution in [0.4, 0.5) is 5.69 Å². The van der Waals surface area contributed by atoms with Gasteiger partial charge in [0.05, 0.1) is 12.3 Å². The maximum absolute atomic E-state index is 11.2. The van der Waals surface area contributed by atoms with E-state index in [2.05, 4.69) is 15.9 Å². The lowest BCUT2D eigenvalue weighted by molar-refractivity contribution is -0.143. The molecule has 0 aliphatic carbocycles. The molecule has 1 fully saturated rings. The van der Waals surface area contributed by atoms with Crippen LogP contribution in [0.2, 0.25) is 0 Å². The minimum atomic E-state index is -0.520. The molecule has 1 saturated heterocycles. The average molecular weight is 272 g/mol. The van der Waals surface area contributed by atoms with Crippen molar-refractivity contribution in [3.05, 3.63) is 22.7 Å². The van der Waals surface area contributed by atoms with Gasteiger partial charge in [0.2, 0.25) is 0 Å². The number of esters is 1. The Morgan fingerprint density at radius 3 is 2.93 bits per heavy atom. The molecule has 5 heteroatoms. The molecular formula is C10H10BrNO3. The minimum Gasteiger partial charge on any atom is -0.476 e. The quantitative estimate of drug-likeness (QED) is 0.657. The van der Waals surface area contributed by atoms with E-state index in [0.717, 1.165) is 4.47 Å². The van der Waals surface area contributed by atoms with Gasteiger partial charge in [0.1, 0.15) is 5.75 Å². The van der Waals surface area contributed by atoms with Crippen molar-refractivity contribution in [3.63, 3.8) is 0 Å². The number of carbonyl (C=O) groups excluding carboxylic acids is 1. The SMILES string of the molecule is Nc1cc(Br)ccc1OC1CCOC1=O. The highest BCUT2D eigenvalue weighted by Crippen LogP contribution is 2.27. The summed E-state index contributed by atoms with van der Waals surface area (Å²) in [6.07, 6.45) is 0.0578. The lowest BCUT2D eigenvalue weighted by Gasteiger charge is -2.11. The number of benzene rings is 1. The van der Waals surface area contributed by atoms with Crippen LogP contribution in [0, 0.1) is 0 Å². The fourth-order valence-electron chi connectivity index (χ4n) is 1.36. The second-order valence-corrected chi connectivity index (χ2v) is 4.16. The normalized spacial score (nSPS) is 20.1. The molecule has 1 aromatic rings. The van der Waals surface area contributed by atoms with Crippen LogP contribution in [-0.4, -0.2) is 18.7 Å². The zero-order valence-corrected chi connectivity index (χ0v) is 9.49. The molecule has 1 atom stereocenters. The van der Waals surface area contributed by atoms with Gasteiger partial charge in [-0.3, -0.25) is 0 Å². The second-order valence-electron chi connectivity index (χ2n) is 3.24. The molecule has 2 N–H and O–H groups in total. The molecule has 0 radical (unpaired) electrons. The molecule has 1 heterocycles. The average Bonchev–Trinajstić information content (AvgIpc) is 2.57. The second kappa shape index (κ2) is 4.10. The Labute approximate surface area is 95.5 Å². The van der Waals surface area contributed by atoms with Gasteiger partial charge in [0.25, 0.3) is 0 Å². The van der Waals surface area contributed by atoms with Crippen molar-refractivity contribution in [2.24, 2.45) is 0 Å². The lowest BCUT2D eigenvalue weighted by atomic mass is 10.2. The molecular weight excluding hydrogens is 262 g/mol. The maximum Gasteiger partial charge on any atom is 0.347 e. The van der Waals surface area contributed by atoms with Gasteiger partial charge >= 0.3 is 5.97 Å². The first kappa shape index (κ1) is 10.3. The highest BCUT2D eigenvalue weighted by atomic mass is 79.9. The number of hydrogen-bond donors (Lipinski definition) is 1. The largest absolute Gasteiger partial charge is 0.476 e. The molecule has 80 valence electrons. The molecule has 0 saturated carbocycles. The summed E-state index contributed by atoms with van der Waals surface area (Å²) in [4.78, 5) is 11.2. The Hall–Kier alpha value is -1.23. The van der Waals surface area contributed by atoms with Gasteiger partial charge in [-0.25, -0.2) is 4.79 Å². The summed E-state index contributed by atoms with van der Waals surface area (Å²) in [5.41, 5.74) is 6.24. The first-order chi connectivity index (χ1) is 7.16. The van der Waals surface area contributed by atoms with Gasteiger partial charge in [-0.2, -0.15) is 0 Å². The Bertz CT molecular complexity index is 394. The van der Waals surface area contributed by atoms with E-state index in [1.807, 2.05) is 6.07 Å². The molecule has 1 aromatic carbocycles. The summed E-state index contributed by atoms with van der Waals surface area (Å²) in [5.74, 6) is 0.194. The summed E-state index contributed by atoms with van der Waals surface area (Å²) in [7, 11) is 0. The van der Waals surface area contributed by atoms with E-state index in [1.165, 1.54) is 0 Å². The van der Waals surface area contributed by atoms with Gasteiger partial charge < -0.3 is 15.2 Å². The van der Waals surface area contributed by atoms with Crippen LogP contribution in [0.5, 0.6) is 5.75 Å². The Morgan fingerprint density at radius 1 is 1.53 bits per heavy atom. The number of hydrogen-bond acceptors (Lipinski definition) is 4. The van der Waals surface area contributed by atoms with Crippen LogP contribution in [-0.2, 0) is 9.53 Å². The first-order valence-electron chi connectivity index (χ1n) is 4.55. The topological polar surface area (TPSA) is 61.6 Å². The van der Waals surface area contributed by atoms with Crippen molar-refractivity contribution in [2.75, 3.05) is 12.3 Å². The molecule has 1 unspecified atom stereocenters. The number of nitrogen functional groups attached to an aromatic ring is 1. The van der Waals surface area contributed by atoms with Gasteiger partial charge in [-0.1, -0.05) is 15.9 Å². The highest BCUT2D eigenvalue weighted by Gasteiger charge is 2.28. The van der Waals surface area contributed by atoms with E-state index < -0.39 is 6.10 Å². The predicted molar refractivity (Wildman–Crippen MR) is 58.5 cm³/mol. The van der Waals surface area contributed by atoms with E-state index in [9.17, 15) is 4.79 Å². The molecule has 1 aliphatic rings. The molecule has 0 amide bonds. The zero-order chi connectivity index (χ0) is 10.8. The lowest BCUT2D eigenvalue weighted by Crippen LogP contribution is -2.22. The van der Waals surface area contributed by atoms with Crippen LogP contribution in [0.1, 0.15) is 6.42 Å². The van der Waals surface area contributed by atoms with Crippen molar-refractivity contribution < 1.29 is 14.3 Å². The summed E-state index contributed by atoms with van der Waals surface area (Å²) in [5, 5.41) is 0. The van der Waals surface area contributed by atoms with Crippen LogP contribution in [0.15, 0.2) is 22.7 Å². The van der Waals surface area contributed by atoms with Gasteiger partial charge in [0, 0.05) is 10.9 Å². The van der Waals surface area contributed by atoms with Crippen molar-refractivity contribution >= 4 is 27.6 Å². The number of halogens is 1. The third-order valence-corrected chi connectivity index (χ3v) is 2.62.